The van der Waals surface area contributed by atoms with Crippen LogP contribution in [0.1, 0.15) is 48.3 Å². The van der Waals surface area contributed by atoms with Crippen LogP contribution in [0.2, 0.25) is 0 Å². The third-order valence-corrected chi connectivity index (χ3v) is 4.56. The highest BCUT2D eigenvalue weighted by atomic mass is 16.5. The highest BCUT2D eigenvalue weighted by Crippen LogP contribution is 2.20. The minimum atomic E-state index is -0.926. The predicted octanol–water partition coefficient (Wildman–Crippen LogP) is 4.85. The fraction of sp³-hybridized carbons (Fsp3) is 0.261. The number of ether oxygens (including phenoxy) is 1. The van der Waals surface area contributed by atoms with Crippen molar-refractivity contribution < 1.29 is 14.3 Å². The number of esters is 1. The van der Waals surface area contributed by atoms with Crippen molar-refractivity contribution in [2.45, 2.75) is 39.7 Å². The molecular weight excluding hydrogens is 352 g/mol. The molecule has 0 saturated carbocycles. The molecule has 2 aromatic carbocycles. The minimum Gasteiger partial charge on any atom is -0.449 e. The second-order valence-corrected chi connectivity index (χ2v) is 7.14. The second-order valence-electron chi connectivity index (χ2n) is 7.14. The van der Waals surface area contributed by atoms with E-state index < -0.39 is 12.1 Å². The highest BCUT2D eigenvalue weighted by Gasteiger charge is 2.21. The Morgan fingerprint density at radius 2 is 1.68 bits per heavy atom. The van der Waals surface area contributed by atoms with Gasteiger partial charge in [0.15, 0.2) is 6.10 Å². The van der Waals surface area contributed by atoms with Crippen LogP contribution in [0.25, 0.3) is 10.9 Å². The van der Waals surface area contributed by atoms with Gasteiger partial charge in [-0.1, -0.05) is 44.2 Å². The van der Waals surface area contributed by atoms with Crippen molar-refractivity contribution in [1.29, 1.82) is 0 Å². The van der Waals surface area contributed by atoms with E-state index in [1.165, 1.54) is 5.56 Å². The molecule has 0 fully saturated rings. The van der Waals surface area contributed by atoms with Gasteiger partial charge in [-0.3, -0.25) is 9.78 Å². The molecule has 0 spiro atoms. The number of rotatable bonds is 5. The topological polar surface area (TPSA) is 68.3 Å². The molecule has 1 amide bonds. The van der Waals surface area contributed by atoms with Crippen LogP contribution in [0.15, 0.2) is 54.6 Å². The lowest BCUT2D eigenvalue weighted by atomic mass is 10.0. The number of aromatic nitrogens is 1. The standard InChI is InChI=1S/C23H24N2O3/c1-14(2)17-9-11-18(12-10-17)25-22(26)16(4)28-23(27)20-13-15(3)24-21-8-6-5-7-19(20)21/h5-14,16H,1-4H3,(H,25,26)/t16-/m0/s1. The zero-order chi connectivity index (χ0) is 20.3. The molecule has 144 valence electrons. The maximum Gasteiger partial charge on any atom is 0.339 e. The molecule has 0 aliphatic carbocycles. The zero-order valence-corrected chi connectivity index (χ0v) is 16.5. The fourth-order valence-electron chi connectivity index (χ4n) is 2.95. The summed E-state index contributed by atoms with van der Waals surface area (Å²) in [4.78, 5) is 29.5. The third kappa shape index (κ3) is 4.36. The monoisotopic (exact) mass is 376 g/mol. The second kappa shape index (κ2) is 8.21. The van der Waals surface area contributed by atoms with Crippen molar-refractivity contribution in [3.63, 3.8) is 0 Å². The lowest BCUT2D eigenvalue weighted by Crippen LogP contribution is -2.30. The maximum absolute atomic E-state index is 12.7. The minimum absolute atomic E-state index is 0.374. The summed E-state index contributed by atoms with van der Waals surface area (Å²) in [5.41, 5.74) is 3.70. The molecule has 0 unspecified atom stereocenters. The molecule has 0 aliphatic heterocycles. The predicted molar refractivity (Wildman–Crippen MR) is 111 cm³/mol. The van der Waals surface area contributed by atoms with Crippen LogP contribution in [-0.4, -0.2) is 23.0 Å². The molecule has 0 aliphatic rings. The van der Waals surface area contributed by atoms with Crippen LogP contribution < -0.4 is 5.32 Å². The zero-order valence-electron chi connectivity index (χ0n) is 16.5. The molecule has 1 atom stereocenters. The lowest BCUT2D eigenvalue weighted by molar-refractivity contribution is -0.123. The van der Waals surface area contributed by atoms with E-state index in [4.69, 9.17) is 4.74 Å². The first-order valence-corrected chi connectivity index (χ1v) is 9.33. The van der Waals surface area contributed by atoms with Gasteiger partial charge in [0.1, 0.15) is 0 Å². The number of benzene rings is 2. The van der Waals surface area contributed by atoms with Gasteiger partial charge < -0.3 is 10.1 Å². The highest BCUT2D eigenvalue weighted by molar-refractivity contribution is 6.05. The smallest absolute Gasteiger partial charge is 0.339 e. The first-order valence-electron chi connectivity index (χ1n) is 9.33. The average Bonchev–Trinajstić information content (AvgIpc) is 2.67. The van der Waals surface area contributed by atoms with Gasteiger partial charge in [0.25, 0.3) is 5.91 Å². The van der Waals surface area contributed by atoms with Gasteiger partial charge in [-0.2, -0.15) is 0 Å². The summed E-state index contributed by atoms with van der Waals surface area (Å²) < 4.78 is 5.42. The largest absolute Gasteiger partial charge is 0.449 e. The Labute approximate surface area is 164 Å². The summed E-state index contributed by atoms with van der Waals surface area (Å²) >= 11 is 0. The number of fused-ring (bicyclic) bond motifs is 1. The normalized spacial score (nSPS) is 12.0. The summed E-state index contributed by atoms with van der Waals surface area (Å²) in [7, 11) is 0. The molecular formula is C23H24N2O3. The van der Waals surface area contributed by atoms with Crippen LogP contribution in [0, 0.1) is 6.92 Å². The molecule has 5 heteroatoms. The molecule has 3 rings (SSSR count). The van der Waals surface area contributed by atoms with E-state index >= 15 is 0 Å². The lowest BCUT2D eigenvalue weighted by Gasteiger charge is -2.15. The van der Waals surface area contributed by atoms with E-state index in [0.29, 0.717) is 28.2 Å². The van der Waals surface area contributed by atoms with Crippen LogP contribution in [0.4, 0.5) is 5.69 Å². The number of amides is 1. The maximum atomic E-state index is 12.7. The summed E-state index contributed by atoms with van der Waals surface area (Å²) in [5, 5.41) is 3.49. The van der Waals surface area contributed by atoms with Crippen LogP contribution in [0.3, 0.4) is 0 Å². The van der Waals surface area contributed by atoms with Gasteiger partial charge >= 0.3 is 5.97 Å². The van der Waals surface area contributed by atoms with Crippen molar-refractivity contribution >= 4 is 28.5 Å². The number of carbonyl (C=O) groups excluding carboxylic acids is 2. The van der Waals surface area contributed by atoms with E-state index in [0.717, 1.165) is 5.52 Å². The van der Waals surface area contributed by atoms with Crippen molar-refractivity contribution in [2.75, 3.05) is 5.32 Å². The molecule has 1 aromatic heterocycles. The number of pyridine rings is 1. The Balaban J connectivity index is 1.71. The van der Waals surface area contributed by atoms with Crippen molar-refractivity contribution in [3.05, 3.63) is 71.4 Å². The SMILES string of the molecule is Cc1cc(C(=O)O[C@@H](C)C(=O)Nc2ccc(C(C)C)cc2)c2ccccc2n1. The van der Waals surface area contributed by atoms with E-state index in [9.17, 15) is 9.59 Å². The van der Waals surface area contributed by atoms with E-state index in [1.807, 2.05) is 55.5 Å². The summed E-state index contributed by atoms with van der Waals surface area (Å²) in [5.74, 6) is -0.497. The summed E-state index contributed by atoms with van der Waals surface area (Å²) in [6.07, 6.45) is -0.926. The Hall–Kier alpha value is -3.21. The van der Waals surface area contributed by atoms with E-state index in [1.54, 1.807) is 13.0 Å². The van der Waals surface area contributed by atoms with Crippen molar-refractivity contribution in [1.82, 2.24) is 4.98 Å². The Morgan fingerprint density at radius 1 is 1.00 bits per heavy atom. The number of nitrogens with zero attached hydrogens (tertiary/aromatic N) is 1. The van der Waals surface area contributed by atoms with Crippen molar-refractivity contribution in [2.24, 2.45) is 0 Å². The Kier molecular flexibility index (Phi) is 5.73. The number of carbonyl (C=O) groups is 2. The van der Waals surface area contributed by atoms with E-state index in [2.05, 4.69) is 24.1 Å². The van der Waals surface area contributed by atoms with Gasteiger partial charge in [0.05, 0.1) is 11.1 Å². The first kappa shape index (κ1) is 19.5. The van der Waals surface area contributed by atoms with Gasteiger partial charge in [0, 0.05) is 16.8 Å². The molecule has 1 heterocycles. The molecule has 5 nitrogen and oxygen atoms in total. The van der Waals surface area contributed by atoms with Gasteiger partial charge in [-0.15, -0.1) is 0 Å². The Bertz CT molecular complexity index is 1010. The number of para-hydroxylation sites is 1. The molecule has 3 aromatic rings. The molecule has 0 saturated heterocycles. The van der Waals surface area contributed by atoms with Crippen LogP contribution in [-0.2, 0) is 9.53 Å². The van der Waals surface area contributed by atoms with Crippen LogP contribution in [0.5, 0.6) is 0 Å². The van der Waals surface area contributed by atoms with Crippen molar-refractivity contribution in [3.8, 4) is 0 Å². The fourth-order valence-corrected chi connectivity index (χ4v) is 2.95. The number of hydrogen-bond acceptors (Lipinski definition) is 4. The number of nitrogens with one attached hydrogen (secondary N) is 1. The molecule has 28 heavy (non-hydrogen) atoms. The summed E-state index contributed by atoms with van der Waals surface area (Å²) in [6.45, 7) is 7.60. The first-order chi connectivity index (χ1) is 13.3. The van der Waals surface area contributed by atoms with Gasteiger partial charge in [-0.25, -0.2) is 4.79 Å². The third-order valence-electron chi connectivity index (χ3n) is 4.56. The summed E-state index contributed by atoms with van der Waals surface area (Å²) in [6, 6.07) is 16.7. The van der Waals surface area contributed by atoms with Gasteiger partial charge in [0.2, 0.25) is 0 Å². The quantitative estimate of drug-likeness (QED) is 0.646. The number of anilines is 1. The number of aryl methyl sites for hydroxylation is 1. The van der Waals surface area contributed by atoms with Gasteiger partial charge in [-0.05, 0) is 49.6 Å². The molecule has 0 bridgehead atoms. The number of hydrogen-bond donors (Lipinski definition) is 1. The van der Waals surface area contributed by atoms with Crippen LogP contribution >= 0.6 is 0 Å². The molecule has 0 radical (unpaired) electrons. The van der Waals surface area contributed by atoms with E-state index in [-0.39, 0.29) is 5.91 Å². The molecule has 1 N–H and O–H groups in total. The Morgan fingerprint density at radius 3 is 2.36 bits per heavy atom. The average molecular weight is 376 g/mol.